The molecule has 3 heteroatoms. The fourth-order valence-corrected chi connectivity index (χ4v) is 2.10. The highest BCUT2D eigenvalue weighted by Crippen LogP contribution is 2.20. The van der Waals surface area contributed by atoms with Gasteiger partial charge in [-0.3, -0.25) is 4.90 Å². The van der Waals surface area contributed by atoms with E-state index in [0.29, 0.717) is 0 Å². The normalized spacial score (nSPS) is 23.8. The van der Waals surface area contributed by atoms with Gasteiger partial charge in [-0.1, -0.05) is 0 Å². The molecule has 1 fully saturated rings. The van der Waals surface area contributed by atoms with Gasteiger partial charge in [-0.2, -0.15) is 0 Å². The van der Waals surface area contributed by atoms with Gasteiger partial charge in [-0.25, -0.2) is 0 Å². The first-order valence-electron chi connectivity index (χ1n) is 5.36. The van der Waals surface area contributed by atoms with E-state index in [-0.39, 0.29) is 11.1 Å². The monoisotopic (exact) mass is 200 g/mol. The summed E-state index contributed by atoms with van der Waals surface area (Å²) in [6.45, 7) is 13.1. The highest BCUT2D eigenvalue weighted by atomic mass is 16.5. The lowest BCUT2D eigenvalue weighted by Crippen LogP contribution is -2.63. The maximum absolute atomic E-state index is 5.27. The summed E-state index contributed by atoms with van der Waals surface area (Å²) < 4.78 is 5.27. The van der Waals surface area contributed by atoms with Crippen LogP contribution in [-0.4, -0.2) is 49.3 Å². The van der Waals surface area contributed by atoms with Gasteiger partial charge in [0.2, 0.25) is 0 Å². The van der Waals surface area contributed by atoms with Gasteiger partial charge in [-0.05, 0) is 27.7 Å². The van der Waals surface area contributed by atoms with Crippen LogP contribution in [0.25, 0.3) is 0 Å². The lowest BCUT2D eigenvalue weighted by Gasteiger charge is -2.46. The topological polar surface area (TPSA) is 24.5 Å². The van der Waals surface area contributed by atoms with Gasteiger partial charge in [0, 0.05) is 37.8 Å². The van der Waals surface area contributed by atoms with E-state index in [2.05, 4.69) is 37.9 Å². The third-order valence-corrected chi connectivity index (χ3v) is 2.93. The van der Waals surface area contributed by atoms with Gasteiger partial charge in [0.15, 0.2) is 0 Å². The van der Waals surface area contributed by atoms with Crippen molar-refractivity contribution in [1.29, 1.82) is 0 Å². The molecule has 0 aliphatic carbocycles. The molecule has 0 aromatic rings. The molecule has 3 nitrogen and oxygen atoms in total. The van der Waals surface area contributed by atoms with E-state index < -0.39 is 0 Å². The fourth-order valence-electron chi connectivity index (χ4n) is 2.10. The average molecular weight is 200 g/mol. The van der Waals surface area contributed by atoms with Crippen molar-refractivity contribution in [3.63, 3.8) is 0 Å². The number of hydrogen-bond acceptors (Lipinski definition) is 3. The van der Waals surface area contributed by atoms with E-state index >= 15 is 0 Å². The fraction of sp³-hybridized carbons (Fsp3) is 1.00. The SMILES string of the molecule is COCC(C)(C)N1CCNC(C)(C)C1. The molecule has 0 aromatic carbocycles. The van der Waals surface area contributed by atoms with Crippen LogP contribution in [0.3, 0.4) is 0 Å². The van der Waals surface area contributed by atoms with Crippen molar-refractivity contribution in [3.05, 3.63) is 0 Å². The summed E-state index contributed by atoms with van der Waals surface area (Å²) >= 11 is 0. The Labute approximate surface area is 87.8 Å². The molecule has 0 spiro atoms. The molecular weight excluding hydrogens is 176 g/mol. The minimum absolute atomic E-state index is 0.147. The molecule has 1 heterocycles. The molecule has 1 rings (SSSR count). The molecule has 0 unspecified atom stereocenters. The number of piperazine rings is 1. The Morgan fingerprint density at radius 1 is 1.43 bits per heavy atom. The Morgan fingerprint density at radius 2 is 2.07 bits per heavy atom. The van der Waals surface area contributed by atoms with E-state index in [1.807, 2.05) is 0 Å². The third-order valence-electron chi connectivity index (χ3n) is 2.93. The summed E-state index contributed by atoms with van der Waals surface area (Å²) in [5.41, 5.74) is 0.372. The highest BCUT2D eigenvalue weighted by molar-refractivity contribution is 4.93. The smallest absolute Gasteiger partial charge is 0.0641 e. The summed E-state index contributed by atoms with van der Waals surface area (Å²) in [6.07, 6.45) is 0. The van der Waals surface area contributed by atoms with Crippen molar-refractivity contribution in [1.82, 2.24) is 10.2 Å². The number of rotatable bonds is 3. The van der Waals surface area contributed by atoms with Gasteiger partial charge in [-0.15, -0.1) is 0 Å². The second-order valence-corrected chi connectivity index (χ2v) is 5.48. The van der Waals surface area contributed by atoms with Crippen LogP contribution in [0.4, 0.5) is 0 Å². The van der Waals surface area contributed by atoms with Crippen LogP contribution in [0.15, 0.2) is 0 Å². The molecule has 0 saturated carbocycles. The number of nitrogens with zero attached hydrogens (tertiary/aromatic N) is 1. The van der Waals surface area contributed by atoms with Gasteiger partial charge in [0.25, 0.3) is 0 Å². The molecule has 14 heavy (non-hydrogen) atoms. The van der Waals surface area contributed by atoms with Crippen LogP contribution in [0.5, 0.6) is 0 Å². The van der Waals surface area contributed by atoms with Crippen molar-refractivity contribution < 1.29 is 4.74 Å². The summed E-state index contributed by atoms with van der Waals surface area (Å²) in [4.78, 5) is 2.51. The zero-order valence-electron chi connectivity index (χ0n) is 10.2. The molecule has 0 amide bonds. The predicted octanol–water partition coefficient (Wildman–Crippen LogP) is 1.10. The first-order chi connectivity index (χ1) is 6.37. The lowest BCUT2D eigenvalue weighted by atomic mass is 9.96. The predicted molar refractivity (Wildman–Crippen MR) is 59.6 cm³/mol. The number of ether oxygens (including phenoxy) is 1. The van der Waals surface area contributed by atoms with E-state index in [1.54, 1.807) is 7.11 Å². The number of methoxy groups -OCH3 is 1. The Hall–Kier alpha value is -0.120. The van der Waals surface area contributed by atoms with Gasteiger partial charge < -0.3 is 10.1 Å². The highest BCUT2D eigenvalue weighted by Gasteiger charge is 2.34. The number of nitrogens with one attached hydrogen (secondary N) is 1. The maximum Gasteiger partial charge on any atom is 0.0641 e. The van der Waals surface area contributed by atoms with Crippen LogP contribution in [0.2, 0.25) is 0 Å². The molecule has 0 radical (unpaired) electrons. The van der Waals surface area contributed by atoms with Crippen LogP contribution in [-0.2, 0) is 4.74 Å². The molecule has 0 aromatic heterocycles. The Kier molecular flexibility index (Phi) is 3.56. The van der Waals surface area contributed by atoms with E-state index in [1.165, 1.54) is 0 Å². The summed E-state index contributed by atoms with van der Waals surface area (Å²) in [6, 6.07) is 0. The zero-order valence-corrected chi connectivity index (χ0v) is 10.2. The summed E-state index contributed by atoms with van der Waals surface area (Å²) in [5, 5.41) is 3.52. The summed E-state index contributed by atoms with van der Waals surface area (Å²) in [5.74, 6) is 0. The molecule has 84 valence electrons. The Morgan fingerprint density at radius 3 is 2.57 bits per heavy atom. The molecule has 0 bridgehead atoms. The second kappa shape index (κ2) is 4.17. The van der Waals surface area contributed by atoms with Crippen molar-refractivity contribution in [2.24, 2.45) is 0 Å². The molecule has 1 saturated heterocycles. The third kappa shape index (κ3) is 2.94. The van der Waals surface area contributed by atoms with Gasteiger partial charge in [0.05, 0.1) is 6.61 Å². The quantitative estimate of drug-likeness (QED) is 0.738. The second-order valence-electron chi connectivity index (χ2n) is 5.48. The number of hydrogen-bond donors (Lipinski definition) is 1. The van der Waals surface area contributed by atoms with Crippen LogP contribution in [0.1, 0.15) is 27.7 Å². The first-order valence-corrected chi connectivity index (χ1v) is 5.36. The maximum atomic E-state index is 5.27. The largest absolute Gasteiger partial charge is 0.383 e. The standard InChI is InChI=1S/C11H24N2O/c1-10(2)8-13(7-6-12-10)11(3,4)9-14-5/h12H,6-9H2,1-5H3. The minimum atomic E-state index is 0.147. The molecular formula is C11H24N2O. The first kappa shape index (κ1) is 12.0. The van der Waals surface area contributed by atoms with Crippen molar-refractivity contribution in [3.8, 4) is 0 Å². The van der Waals surface area contributed by atoms with E-state index in [0.717, 1.165) is 26.2 Å². The van der Waals surface area contributed by atoms with Gasteiger partial charge >= 0.3 is 0 Å². The zero-order chi connectivity index (χ0) is 10.8. The Bertz CT molecular complexity index is 190. The van der Waals surface area contributed by atoms with Crippen LogP contribution >= 0.6 is 0 Å². The van der Waals surface area contributed by atoms with Crippen molar-refractivity contribution in [2.75, 3.05) is 33.4 Å². The van der Waals surface area contributed by atoms with Crippen LogP contribution < -0.4 is 5.32 Å². The molecule has 1 aliphatic rings. The van der Waals surface area contributed by atoms with Crippen LogP contribution in [0, 0.1) is 0 Å². The molecule has 0 atom stereocenters. The summed E-state index contributed by atoms with van der Waals surface area (Å²) in [7, 11) is 1.77. The minimum Gasteiger partial charge on any atom is -0.383 e. The van der Waals surface area contributed by atoms with E-state index in [4.69, 9.17) is 4.74 Å². The average Bonchev–Trinajstić information content (AvgIpc) is 2.02. The van der Waals surface area contributed by atoms with E-state index in [9.17, 15) is 0 Å². The van der Waals surface area contributed by atoms with Crippen molar-refractivity contribution in [2.45, 2.75) is 38.8 Å². The van der Waals surface area contributed by atoms with Gasteiger partial charge in [0.1, 0.15) is 0 Å². The van der Waals surface area contributed by atoms with Crippen molar-refractivity contribution >= 4 is 0 Å². The molecule has 1 aliphatic heterocycles. The lowest BCUT2D eigenvalue weighted by molar-refractivity contribution is 0.00331. The molecule has 1 N–H and O–H groups in total. The Balaban J connectivity index is 2.59.